The van der Waals surface area contributed by atoms with E-state index in [-0.39, 0.29) is 5.75 Å². The summed E-state index contributed by atoms with van der Waals surface area (Å²) < 4.78 is 10.8. The van der Waals surface area contributed by atoms with E-state index >= 15 is 0 Å². The Labute approximate surface area is 107 Å². The van der Waals surface area contributed by atoms with Gasteiger partial charge >= 0.3 is 0 Å². The number of aryl methyl sites for hydroxylation is 1. The van der Waals surface area contributed by atoms with Crippen LogP contribution in [0.2, 0.25) is 0 Å². The maximum absolute atomic E-state index is 9.88. The van der Waals surface area contributed by atoms with Crippen molar-refractivity contribution < 1.29 is 14.6 Å². The van der Waals surface area contributed by atoms with Crippen LogP contribution >= 0.6 is 0 Å². The third-order valence-corrected chi connectivity index (χ3v) is 2.63. The lowest BCUT2D eigenvalue weighted by atomic mass is 10.2. The molecule has 0 aromatic heterocycles. The topological polar surface area (TPSA) is 38.7 Å². The summed E-state index contributed by atoms with van der Waals surface area (Å²) >= 11 is 0. The lowest BCUT2D eigenvalue weighted by Crippen LogP contribution is -1.98. The Hall–Kier alpha value is -2.16. The number of methoxy groups -OCH3 is 1. The third kappa shape index (κ3) is 2.74. The summed E-state index contributed by atoms with van der Waals surface area (Å²) in [5.41, 5.74) is 1.97. The molecule has 0 radical (unpaired) electrons. The zero-order valence-electron chi connectivity index (χ0n) is 10.5. The van der Waals surface area contributed by atoms with Gasteiger partial charge in [0, 0.05) is 0 Å². The van der Waals surface area contributed by atoms with E-state index in [1.807, 2.05) is 43.3 Å². The van der Waals surface area contributed by atoms with Gasteiger partial charge in [0.1, 0.15) is 6.61 Å². The quantitative estimate of drug-likeness (QED) is 0.897. The van der Waals surface area contributed by atoms with Gasteiger partial charge in [-0.05, 0) is 30.2 Å². The van der Waals surface area contributed by atoms with Gasteiger partial charge in [-0.15, -0.1) is 0 Å². The van der Waals surface area contributed by atoms with Crippen LogP contribution in [0.3, 0.4) is 0 Å². The molecule has 2 aromatic rings. The summed E-state index contributed by atoms with van der Waals surface area (Å²) in [6, 6.07) is 13.3. The van der Waals surface area contributed by atoms with Crippen LogP contribution in [0.5, 0.6) is 17.2 Å². The smallest absolute Gasteiger partial charge is 0.203 e. The molecule has 1 N–H and O–H groups in total. The highest BCUT2D eigenvalue weighted by Crippen LogP contribution is 2.37. The standard InChI is InChI=1S/C15H16O3/c1-11-8-13(16)15(14(9-11)17-2)18-10-12-6-4-3-5-7-12/h3-9,16H,10H2,1-2H3. The molecule has 0 saturated carbocycles. The highest BCUT2D eigenvalue weighted by Gasteiger charge is 2.11. The van der Waals surface area contributed by atoms with Gasteiger partial charge in [0.15, 0.2) is 11.5 Å². The van der Waals surface area contributed by atoms with Gasteiger partial charge in [0.05, 0.1) is 7.11 Å². The van der Waals surface area contributed by atoms with Gasteiger partial charge in [0.25, 0.3) is 0 Å². The van der Waals surface area contributed by atoms with Gasteiger partial charge < -0.3 is 14.6 Å². The second-order valence-electron chi connectivity index (χ2n) is 4.09. The first-order chi connectivity index (χ1) is 8.70. The first-order valence-electron chi connectivity index (χ1n) is 5.75. The normalized spacial score (nSPS) is 10.1. The largest absolute Gasteiger partial charge is 0.504 e. The second kappa shape index (κ2) is 5.45. The number of aromatic hydroxyl groups is 1. The second-order valence-corrected chi connectivity index (χ2v) is 4.09. The number of phenolic OH excluding ortho intramolecular Hbond substituents is 1. The molecule has 0 aliphatic heterocycles. The lowest BCUT2D eigenvalue weighted by molar-refractivity contribution is 0.269. The van der Waals surface area contributed by atoms with Crippen LogP contribution in [-0.2, 0) is 6.61 Å². The maximum atomic E-state index is 9.88. The number of phenols is 1. The van der Waals surface area contributed by atoms with Crippen molar-refractivity contribution in [1.82, 2.24) is 0 Å². The summed E-state index contributed by atoms with van der Waals surface area (Å²) in [4.78, 5) is 0. The van der Waals surface area contributed by atoms with Gasteiger partial charge in [-0.2, -0.15) is 0 Å². The number of ether oxygens (including phenoxy) is 2. The molecule has 0 unspecified atom stereocenters. The molecule has 2 rings (SSSR count). The van der Waals surface area contributed by atoms with Gasteiger partial charge in [-0.1, -0.05) is 30.3 Å². The number of hydrogen-bond donors (Lipinski definition) is 1. The molecule has 94 valence electrons. The molecule has 0 aliphatic rings. The third-order valence-electron chi connectivity index (χ3n) is 2.63. The first kappa shape index (κ1) is 12.3. The zero-order chi connectivity index (χ0) is 13.0. The Kier molecular flexibility index (Phi) is 3.72. The SMILES string of the molecule is COc1cc(C)cc(O)c1OCc1ccccc1. The first-order valence-corrected chi connectivity index (χ1v) is 5.75. The van der Waals surface area contributed by atoms with E-state index in [2.05, 4.69) is 0 Å². The molecule has 0 heterocycles. The minimum Gasteiger partial charge on any atom is -0.504 e. The molecule has 0 spiro atoms. The van der Waals surface area contributed by atoms with Crippen molar-refractivity contribution in [3.8, 4) is 17.2 Å². The maximum Gasteiger partial charge on any atom is 0.203 e. The minimum atomic E-state index is 0.0998. The molecule has 3 heteroatoms. The van der Waals surface area contributed by atoms with E-state index in [1.54, 1.807) is 13.2 Å². The van der Waals surface area contributed by atoms with E-state index in [0.717, 1.165) is 11.1 Å². The van der Waals surface area contributed by atoms with Crippen molar-refractivity contribution in [3.63, 3.8) is 0 Å². The fourth-order valence-electron chi connectivity index (χ4n) is 1.75. The number of benzene rings is 2. The minimum absolute atomic E-state index is 0.0998. The van der Waals surface area contributed by atoms with E-state index < -0.39 is 0 Å². The van der Waals surface area contributed by atoms with E-state index in [1.165, 1.54) is 0 Å². The van der Waals surface area contributed by atoms with Crippen LogP contribution in [0.15, 0.2) is 42.5 Å². The molecule has 0 amide bonds. The Morgan fingerprint density at radius 1 is 1.11 bits per heavy atom. The van der Waals surface area contributed by atoms with E-state index in [0.29, 0.717) is 18.1 Å². The van der Waals surface area contributed by atoms with Gasteiger partial charge in [-0.25, -0.2) is 0 Å². The lowest BCUT2D eigenvalue weighted by Gasteiger charge is -2.13. The van der Waals surface area contributed by atoms with Crippen molar-refractivity contribution in [2.24, 2.45) is 0 Å². The molecular formula is C15H16O3. The fraction of sp³-hybridized carbons (Fsp3) is 0.200. The van der Waals surface area contributed by atoms with E-state index in [9.17, 15) is 5.11 Å². The van der Waals surface area contributed by atoms with Crippen LogP contribution in [-0.4, -0.2) is 12.2 Å². The summed E-state index contributed by atoms with van der Waals surface area (Å²) in [6.07, 6.45) is 0. The van der Waals surface area contributed by atoms with Crippen molar-refractivity contribution in [3.05, 3.63) is 53.6 Å². The molecule has 3 nitrogen and oxygen atoms in total. The van der Waals surface area contributed by atoms with Crippen molar-refractivity contribution in [2.75, 3.05) is 7.11 Å². The zero-order valence-corrected chi connectivity index (χ0v) is 10.5. The average Bonchev–Trinajstić information content (AvgIpc) is 2.38. The number of rotatable bonds is 4. The molecule has 18 heavy (non-hydrogen) atoms. The molecule has 0 fully saturated rings. The Bertz CT molecular complexity index is 521. The Morgan fingerprint density at radius 3 is 2.50 bits per heavy atom. The average molecular weight is 244 g/mol. The van der Waals surface area contributed by atoms with Crippen LogP contribution < -0.4 is 9.47 Å². The summed E-state index contributed by atoms with van der Waals surface area (Å²) in [5.74, 6) is 1.03. The van der Waals surface area contributed by atoms with Gasteiger partial charge in [0.2, 0.25) is 5.75 Å². The van der Waals surface area contributed by atoms with Crippen LogP contribution in [0.25, 0.3) is 0 Å². The van der Waals surface area contributed by atoms with Crippen LogP contribution in [0.4, 0.5) is 0 Å². The van der Waals surface area contributed by atoms with Crippen molar-refractivity contribution in [2.45, 2.75) is 13.5 Å². The highest BCUT2D eigenvalue weighted by molar-refractivity contribution is 5.52. The monoisotopic (exact) mass is 244 g/mol. The predicted molar refractivity (Wildman–Crippen MR) is 70.2 cm³/mol. The predicted octanol–water partition coefficient (Wildman–Crippen LogP) is 3.29. The Balaban J connectivity index is 2.19. The summed E-state index contributed by atoms with van der Waals surface area (Å²) in [5, 5.41) is 9.88. The fourth-order valence-corrected chi connectivity index (χ4v) is 1.75. The van der Waals surface area contributed by atoms with Crippen molar-refractivity contribution >= 4 is 0 Å². The Morgan fingerprint density at radius 2 is 1.83 bits per heavy atom. The molecule has 0 saturated heterocycles. The van der Waals surface area contributed by atoms with Gasteiger partial charge in [-0.3, -0.25) is 0 Å². The van der Waals surface area contributed by atoms with Crippen LogP contribution in [0, 0.1) is 6.92 Å². The van der Waals surface area contributed by atoms with Crippen LogP contribution in [0.1, 0.15) is 11.1 Å². The summed E-state index contributed by atoms with van der Waals surface area (Å²) in [7, 11) is 1.56. The van der Waals surface area contributed by atoms with E-state index in [4.69, 9.17) is 9.47 Å². The molecule has 0 atom stereocenters. The molecular weight excluding hydrogens is 228 g/mol. The molecule has 0 aliphatic carbocycles. The molecule has 2 aromatic carbocycles. The summed E-state index contributed by atoms with van der Waals surface area (Å²) in [6.45, 7) is 2.29. The van der Waals surface area contributed by atoms with Crippen molar-refractivity contribution in [1.29, 1.82) is 0 Å². The highest BCUT2D eigenvalue weighted by atomic mass is 16.5. The molecule has 0 bridgehead atoms. The number of hydrogen-bond acceptors (Lipinski definition) is 3.